The van der Waals surface area contributed by atoms with Crippen molar-refractivity contribution in [2.24, 2.45) is 5.92 Å². The molecule has 1 atom stereocenters. The van der Waals surface area contributed by atoms with Crippen molar-refractivity contribution in [2.75, 3.05) is 26.2 Å². The molecule has 2 amide bonds. The number of hydrogen-bond donors (Lipinski definition) is 4. The number of rotatable bonds is 9. The normalized spacial score (nSPS) is 11.1. The Labute approximate surface area is 162 Å². The lowest BCUT2D eigenvalue weighted by Crippen LogP contribution is -2.48. The largest absolute Gasteiger partial charge is 0.481 e. The van der Waals surface area contributed by atoms with Crippen LogP contribution in [-0.2, 0) is 9.53 Å². The summed E-state index contributed by atoms with van der Waals surface area (Å²) in [4.78, 5) is 27.0. The summed E-state index contributed by atoms with van der Waals surface area (Å²) in [5.41, 5.74) is 8.45. The molecular weight excluding hydrogens is 366 g/mol. The van der Waals surface area contributed by atoms with E-state index >= 15 is 0 Å². The van der Waals surface area contributed by atoms with E-state index < -0.39 is 11.9 Å². The minimum Gasteiger partial charge on any atom is -0.481 e. The lowest BCUT2D eigenvalue weighted by molar-refractivity contribution is -0.144. The van der Waals surface area contributed by atoms with Gasteiger partial charge >= 0.3 is 12.0 Å². The maximum absolute atomic E-state index is 11.6. The van der Waals surface area contributed by atoms with Crippen molar-refractivity contribution < 1.29 is 23.8 Å². The number of benzene rings is 1. The van der Waals surface area contributed by atoms with E-state index in [1.165, 1.54) is 7.11 Å². The van der Waals surface area contributed by atoms with Crippen LogP contribution >= 0.6 is 0 Å². The summed E-state index contributed by atoms with van der Waals surface area (Å²) < 4.78 is 15.3. The number of esters is 1. The van der Waals surface area contributed by atoms with Gasteiger partial charge in [-0.05, 0) is 30.3 Å². The maximum Gasteiger partial charge on any atom is 0.330 e. The Morgan fingerprint density at radius 2 is 1.79 bits per heavy atom. The molecule has 1 aromatic heterocycles. The van der Waals surface area contributed by atoms with Gasteiger partial charge in [-0.25, -0.2) is 9.78 Å². The predicted octanol–water partition coefficient (Wildman–Crippen LogP) is 1.82. The van der Waals surface area contributed by atoms with Crippen LogP contribution in [0.2, 0.25) is 0 Å². The van der Waals surface area contributed by atoms with Crippen LogP contribution in [0.25, 0.3) is 0 Å². The van der Waals surface area contributed by atoms with Gasteiger partial charge in [0.15, 0.2) is 0 Å². The van der Waals surface area contributed by atoms with E-state index in [1.54, 1.807) is 56.6 Å². The molecule has 150 valence electrons. The topological polar surface area (TPSA) is 123 Å². The summed E-state index contributed by atoms with van der Waals surface area (Å²) in [6.45, 7) is 1.82. The van der Waals surface area contributed by atoms with Gasteiger partial charge in [-0.3, -0.25) is 10.2 Å². The van der Waals surface area contributed by atoms with Crippen molar-refractivity contribution in [2.45, 2.75) is 6.92 Å². The average molecular weight is 389 g/mol. The predicted molar refractivity (Wildman–Crippen MR) is 102 cm³/mol. The first kappa shape index (κ1) is 20.8. The number of nitrogens with one attached hydrogen (secondary N) is 4. The highest BCUT2D eigenvalue weighted by molar-refractivity contribution is 5.76. The fraction of sp³-hybridized carbons (Fsp3) is 0.278. The summed E-state index contributed by atoms with van der Waals surface area (Å²) in [7, 11) is 2.85. The Kier molecular flexibility index (Phi) is 7.85. The quantitative estimate of drug-likeness (QED) is 0.378. The molecule has 0 aliphatic heterocycles. The van der Waals surface area contributed by atoms with Crippen molar-refractivity contribution >= 4 is 17.7 Å². The van der Waals surface area contributed by atoms with Crippen molar-refractivity contribution in [1.82, 2.24) is 21.3 Å². The number of ether oxygens (including phenoxy) is 3. The second kappa shape index (κ2) is 10.6. The second-order valence-electron chi connectivity index (χ2n) is 5.67. The van der Waals surface area contributed by atoms with Gasteiger partial charge in [0.2, 0.25) is 5.88 Å². The molecule has 0 spiro atoms. The first-order valence-corrected chi connectivity index (χ1v) is 8.42. The van der Waals surface area contributed by atoms with Crippen LogP contribution in [0.1, 0.15) is 6.92 Å². The number of carbonyl (C=O) groups excluding carboxylic acids is 2. The van der Waals surface area contributed by atoms with Gasteiger partial charge in [-0.2, -0.15) is 0 Å². The van der Waals surface area contributed by atoms with Crippen LogP contribution < -0.4 is 31.2 Å². The lowest BCUT2D eigenvalue weighted by atomic mass is 10.2. The molecule has 0 radical (unpaired) electrons. The number of carbonyl (C=O) groups is 2. The summed E-state index contributed by atoms with van der Waals surface area (Å²) in [5.74, 6) is 0.893. The molecule has 0 aliphatic rings. The number of amides is 2. The second-order valence-corrected chi connectivity index (χ2v) is 5.67. The maximum atomic E-state index is 11.6. The summed E-state index contributed by atoms with van der Waals surface area (Å²) in [6, 6.07) is 10.0. The number of nitrogens with zero attached hydrogens (tertiary/aromatic N) is 1. The number of methoxy groups -OCH3 is 2. The van der Waals surface area contributed by atoms with Gasteiger partial charge < -0.3 is 25.0 Å². The smallest absolute Gasteiger partial charge is 0.330 e. The van der Waals surface area contributed by atoms with Crippen molar-refractivity contribution in [3.63, 3.8) is 0 Å². The molecule has 2 aromatic rings. The van der Waals surface area contributed by atoms with Gasteiger partial charge in [-0.15, -0.1) is 5.53 Å². The molecule has 0 saturated carbocycles. The average Bonchev–Trinajstić information content (AvgIpc) is 2.73. The van der Waals surface area contributed by atoms with Crippen LogP contribution in [0, 0.1) is 5.92 Å². The standard InChI is InChI=1S/C18H23N5O5/c1-12(17(24)27-3)10-20-18(25)22-23-21-13-4-6-14(7-5-13)28-15-8-9-16(26-2)19-11-15/h4-9,11-12,21,23H,10H2,1-3H3,(H2,20,22,25)/t12-/m0/s1. The first-order valence-electron chi connectivity index (χ1n) is 8.42. The van der Waals surface area contributed by atoms with Crippen LogP contribution in [0.5, 0.6) is 17.4 Å². The SMILES string of the molecule is COC(=O)[C@@H](C)CNC(=O)NNNc1ccc(Oc2ccc(OC)nc2)cc1. The Morgan fingerprint density at radius 1 is 1.07 bits per heavy atom. The minimum absolute atomic E-state index is 0.159. The molecule has 0 saturated heterocycles. The molecule has 0 aliphatic carbocycles. The van der Waals surface area contributed by atoms with Gasteiger partial charge in [0, 0.05) is 12.6 Å². The van der Waals surface area contributed by atoms with Gasteiger partial charge in [0.05, 0.1) is 32.0 Å². The zero-order valence-corrected chi connectivity index (χ0v) is 15.8. The Hall–Kier alpha value is -3.53. The van der Waals surface area contributed by atoms with Gasteiger partial charge in [-0.1, -0.05) is 6.92 Å². The molecular formula is C18H23N5O5. The van der Waals surface area contributed by atoms with E-state index in [0.717, 1.165) is 0 Å². The van der Waals surface area contributed by atoms with Crippen LogP contribution in [-0.4, -0.2) is 37.7 Å². The van der Waals surface area contributed by atoms with E-state index in [4.69, 9.17) is 9.47 Å². The molecule has 2 rings (SSSR count). The van der Waals surface area contributed by atoms with E-state index in [-0.39, 0.29) is 12.5 Å². The van der Waals surface area contributed by atoms with E-state index in [1.807, 2.05) is 0 Å². The Bertz CT molecular complexity index is 767. The third kappa shape index (κ3) is 6.65. The molecule has 10 heteroatoms. The molecule has 1 aromatic carbocycles. The van der Waals surface area contributed by atoms with Gasteiger partial charge in [0.25, 0.3) is 0 Å². The summed E-state index contributed by atoms with van der Waals surface area (Å²) >= 11 is 0. The van der Waals surface area contributed by atoms with Crippen molar-refractivity contribution in [3.05, 3.63) is 42.6 Å². The molecule has 1 heterocycles. The lowest BCUT2D eigenvalue weighted by Gasteiger charge is -2.13. The van der Waals surface area contributed by atoms with E-state index in [2.05, 4.69) is 31.4 Å². The van der Waals surface area contributed by atoms with Crippen LogP contribution in [0.15, 0.2) is 42.6 Å². The highest BCUT2D eigenvalue weighted by Crippen LogP contribution is 2.23. The molecule has 10 nitrogen and oxygen atoms in total. The summed E-state index contributed by atoms with van der Waals surface area (Å²) in [6.07, 6.45) is 1.57. The Morgan fingerprint density at radius 3 is 2.39 bits per heavy atom. The Balaban J connectivity index is 1.72. The third-order valence-corrected chi connectivity index (χ3v) is 3.56. The highest BCUT2D eigenvalue weighted by atomic mass is 16.5. The zero-order chi connectivity index (χ0) is 20.4. The van der Waals surface area contributed by atoms with Crippen LogP contribution in [0.4, 0.5) is 10.5 Å². The fourth-order valence-corrected chi connectivity index (χ4v) is 2.02. The monoisotopic (exact) mass is 389 g/mol. The number of hydrogen-bond acceptors (Lipinski definition) is 8. The number of hydrazine groups is 2. The molecule has 4 N–H and O–H groups in total. The molecule has 28 heavy (non-hydrogen) atoms. The fourth-order valence-electron chi connectivity index (χ4n) is 2.02. The molecule has 0 fully saturated rings. The van der Waals surface area contributed by atoms with Gasteiger partial charge in [0.1, 0.15) is 11.5 Å². The zero-order valence-electron chi connectivity index (χ0n) is 15.8. The minimum atomic E-state index is -0.491. The van der Waals surface area contributed by atoms with Crippen molar-refractivity contribution in [3.8, 4) is 17.4 Å². The third-order valence-electron chi connectivity index (χ3n) is 3.56. The highest BCUT2D eigenvalue weighted by Gasteiger charge is 2.13. The number of urea groups is 1. The van der Waals surface area contributed by atoms with E-state index in [0.29, 0.717) is 23.1 Å². The molecule has 0 unspecified atom stereocenters. The van der Waals surface area contributed by atoms with Crippen LogP contribution in [0.3, 0.4) is 0 Å². The number of pyridine rings is 1. The number of anilines is 1. The summed E-state index contributed by atoms with van der Waals surface area (Å²) in [5, 5.41) is 2.54. The van der Waals surface area contributed by atoms with E-state index in [9.17, 15) is 9.59 Å². The van der Waals surface area contributed by atoms with Crippen molar-refractivity contribution in [1.29, 1.82) is 0 Å². The number of aromatic nitrogens is 1. The first-order chi connectivity index (χ1) is 13.5. The molecule has 0 bridgehead atoms.